The van der Waals surface area contributed by atoms with Crippen molar-refractivity contribution >= 4 is 36.4 Å². The largest absolute Gasteiger partial charge is 0.497 e. The van der Waals surface area contributed by atoms with Crippen LogP contribution in [0.25, 0.3) is 0 Å². The third-order valence-corrected chi connectivity index (χ3v) is 3.99. The highest BCUT2D eigenvalue weighted by Gasteiger charge is 2.23. The molecule has 1 heterocycles. The van der Waals surface area contributed by atoms with Crippen molar-refractivity contribution < 1.29 is 9.53 Å². The summed E-state index contributed by atoms with van der Waals surface area (Å²) in [5.74, 6) is 0.780. The maximum absolute atomic E-state index is 12.0. The molecule has 1 saturated heterocycles. The van der Waals surface area contributed by atoms with Crippen LogP contribution in [0.15, 0.2) is 24.3 Å². The van der Waals surface area contributed by atoms with Gasteiger partial charge in [-0.25, -0.2) is 0 Å². The molecule has 2 unspecified atom stereocenters. The highest BCUT2D eigenvalue weighted by Crippen LogP contribution is 2.24. The van der Waals surface area contributed by atoms with Gasteiger partial charge in [0, 0.05) is 43.3 Å². The van der Waals surface area contributed by atoms with E-state index in [4.69, 9.17) is 10.5 Å². The number of hydrogen-bond acceptors (Lipinski definition) is 4. The summed E-state index contributed by atoms with van der Waals surface area (Å²) in [5.41, 5.74) is 6.68. The van der Waals surface area contributed by atoms with E-state index in [0.29, 0.717) is 6.54 Å². The fourth-order valence-electron chi connectivity index (χ4n) is 2.59. The molecule has 0 aromatic heterocycles. The van der Waals surface area contributed by atoms with Gasteiger partial charge in [0.1, 0.15) is 5.75 Å². The number of nitrogens with two attached hydrogens (primary N) is 1. The predicted molar refractivity (Wildman–Crippen MR) is 99.1 cm³/mol. The molecule has 0 radical (unpaired) electrons. The Morgan fingerprint density at radius 2 is 2.22 bits per heavy atom. The van der Waals surface area contributed by atoms with E-state index in [1.54, 1.807) is 7.11 Å². The molecule has 2 rings (SSSR count). The summed E-state index contributed by atoms with van der Waals surface area (Å²) in [6.07, 6.45) is 2.09. The molecule has 1 aromatic rings. The lowest BCUT2D eigenvalue weighted by molar-refractivity contribution is -0.124. The van der Waals surface area contributed by atoms with Gasteiger partial charge in [-0.15, -0.1) is 24.8 Å². The molecule has 23 heavy (non-hydrogen) atoms. The van der Waals surface area contributed by atoms with Crippen LogP contribution in [0.3, 0.4) is 0 Å². The molecule has 5 nitrogen and oxygen atoms in total. The first-order chi connectivity index (χ1) is 10.1. The third kappa shape index (κ3) is 6.09. The molecule has 0 saturated carbocycles. The average molecular weight is 364 g/mol. The van der Waals surface area contributed by atoms with Gasteiger partial charge in [-0.3, -0.25) is 4.79 Å². The molecule has 1 amide bonds. The number of nitrogens with one attached hydrogen (secondary N) is 1. The summed E-state index contributed by atoms with van der Waals surface area (Å²) < 4.78 is 5.27. The molecule has 0 bridgehead atoms. The Kier molecular flexibility index (Phi) is 10.0. The van der Waals surface area contributed by atoms with Crippen molar-refractivity contribution in [2.45, 2.75) is 25.8 Å². The van der Waals surface area contributed by atoms with Crippen molar-refractivity contribution in [3.63, 3.8) is 0 Å². The van der Waals surface area contributed by atoms with Crippen LogP contribution in [-0.2, 0) is 4.79 Å². The van der Waals surface area contributed by atoms with E-state index in [1.165, 1.54) is 0 Å². The number of halogens is 2. The normalized spacial score (nSPS) is 18.2. The van der Waals surface area contributed by atoms with E-state index in [-0.39, 0.29) is 42.7 Å². The van der Waals surface area contributed by atoms with Gasteiger partial charge in [0.15, 0.2) is 0 Å². The summed E-state index contributed by atoms with van der Waals surface area (Å²) in [4.78, 5) is 14.3. The number of carbonyl (C=O) groups excluding carboxylic acids is 1. The van der Waals surface area contributed by atoms with Crippen molar-refractivity contribution in [2.24, 2.45) is 11.7 Å². The Morgan fingerprint density at radius 1 is 1.48 bits per heavy atom. The van der Waals surface area contributed by atoms with Crippen LogP contribution in [0.4, 0.5) is 5.69 Å². The number of carbonyl (C=O) groups is 1. The first-order valence-electron chi connectivity index (χ1n) is 7.53. The molecule has 2 atom stereocenters. The van der Waals surface area contributed by atoms with Crippen molar-refractivity contribution in [3.8, 4) is 5.75 Å². The molecule has 1 aliphatic heterocycles. The lowest BCUT2D eigenvalue weighted by Crippen LogP contribution is -2.49. The predicted octanol–water partition coefficient (Wildman–Crippen LogP) is 2.22. The molecular formula is C16H27Cl2N3O2. The zero-order valence-electron chi connectivity index (χ0n) is 13.7. The van der Waals surface area contributed by atoms with Gasteiger partial charge in [0.2, 0.25) is 5.91 Å². The Labute approximate surface area is 150 Å². The highest BCUT2D eigenvalue weighted by atomic mass is 35.5. The Hall–Kier alpha value is -1.17. The van der Waals surface area contributed by atoms with Crippen LogP contribution in [0.1, 0.15) is 19.8 Å². The van der Waals surface area contributed by atoms with Gasteiger partial charge in [-0.1, -0.05) is 13.0 Å². The minimum absolute atomic E-state index is 0. The monoisotopic (exact) mass is 363 g/mol. The summed E-state index contributed by atoms with van der Waals surface area (Å²) in [7, 11) is 1.67. The van der Waals surface area contributed by atoms with E-state index in [2.05, 4.69) is 16.3 Å². The molecule has 3 N–H and O–H groups in total. The second kappa shape index (κ2) is 10.6. The van der Waals surface area contributed by atoms with Gasteiger partial charge in [-0.2, -0.15) is 0 Å². The number of rotatable bonds is 5. The number of anilines is 1. The van der Waals surface area contributed by atoms with E-state index < -0.39 is 0 Å². The lowest BCUT2D eigenvalue weighted by Gasteiger charge is -2.35. The zero-order valence-corrected chi connectivity index (χ0v) is 15.3. The summed E-state index contributed by atoms with van der Waals surface area (Å²) in [6, 6.07) is 8.23. The molecular weight excluding hydrogens is 337 g/mol. The molecule has 1 fully saturated rings. The second-order valence-corrected chi connectivity index (χ2v) is 5.63. The van der Waals surface area contributed by atoms with Gasteiger partial charge in [-0.05, 0) is 25.0 Å². The van der Waals surface area contributed by atoms with Crippen LogP contribution in [-0.4, -0.2) is 38.7 Å². The smallest absolute Gasteiger partial charge is 0.224 e. The zero-order chi connectivity index (χ0) is 15.2. The van der Waals surface area contributed by atoms with Crippen molar-refractivity contribution in [3.05, 3.63) is 24.3 Å². The van der Waals surface area contributed by atoms with Crippen molar-refractivity contribution in [1.82, 2.24) is 5.32 Å². The number of hydrogen-bond donors (Lipinski definition) is 2. The van der Waals surface area contributed by atoms with E-state index in [1.807, 2.05) is 25.1 Å². The maximum atomic E-state index is 12.0. The fraction of sp³-hybridized carbons (Fsp3) is 0.562. The fourth-order valence-corrected chi connectivity index (χ4v) is 2.59. The number of nitrogens with zero attached hydrogens (tertiary/aromatic N) is 1. The SMILES string of the molecule is COc1cccc(N2CCCC(NC(=O)C(C)CN)C2)c1.Cl.Cl. The van der Waals surface area contributed by atoms with Crippen molar-refractivity contribution in [2.75, 3.05) is 31.6 Å². The summed E-state index contributed by atoms with van der Waals surface area (Å²) >= 11 is 0. The molecule has 1 aliphatic rings. The van der Waals surface area contributed by atoms with Gasteiger partial charge < -0.3 is 20.7 Å². The van der Waals surface area contributed by atoms with Gasteiger partial charge in [0.05, 0.1) is 7.11 Å². The van der Waals surface area contributed by atoms with Crippen LogP contribution in [0.2, 0.25) is 0 Å². The number of amides is 1. The number of piperidine rings is 1. The van der Waals surface area contributed by atoms with Crippen LogP contribution in [0.5, 0.6) is 5.75 Å². The van der Waals surface area contributed by atoms with E-state index in [0.717, 1.165) is 37.4 Å². The maximum Gasteiger partial charge on any atom is 0.224 e. The molecule has 7 heteroatoms. The first-order valence-corrected chi connectivity index (χ1v) is 7.53. The third-order valence-electron chi connectivity index (χ3n) is 3.99. The molecule has 1 aromatic carbocycles. The Balaban J connectivity index is 0.00000242. The standard InChI is InChI=1S/C16H25N3O2.2ClH/c1-12(10-17)16(20)18-13-5-4-8-19(11-13)14-6-3-7-15(9-14)21-2;;/h3,6-7,9,12-13H,4-5,8,10-11,17H2,1-2H3,(H,18,20);2*1H. The molecule has 0 spiro atoms. The van der Waals surface area contributed by atoms with Gasteiger partial charge in [0.25, 0.3) is 0 Å². The summed E-state index contributed by atoms with van der Waals surface area (Å²) in [6.45, 7) is 4.08. The average Bonchev–Trinajstić information content (AvgIpc) is 2.54. The molecule has 0 aliphatic carbocycles. The van der Waals surface area contributed by atoms with E-state index in [9.17, 15) is 4.79 Å². The second-order valence-electron chi connectivity index (χ2n) is 5.63. The Morgan fingerprint density at radius 3 is 2.87 bits per heavy atom. The van der Waals surface area contributed by atoms with Crippen LogP contribution >= 0.6 is 24.8 Å². The van der Waals surface area contributed by atoms with Gasteiger partial charge >= 0.3 is 0 Å². The van der Waals surface area contributed by atoms with Crippen LogP contribution in [0, 0.1) is 5.92 Å². The highest BCUT2D eigenvalue weighted by molar-refractivity contribution is 5.85. The number of methoxy groups -OCH3 is 1. The number of ether oxygens (including phenoxy) is 1. The molecule has 132 valence electrons. The van der Waals surface area contributed by atoms with Crippen molar-refractivity contribution in [1.29, 1.82) is 0 Å². The topological polar surface area (TPSA) is 67.6 Å². The quantitative estimate of drug-likeness (QED) is 0.841. The first kappa shape index (κ1) is 21.8. The van der Waals surface area contributed by atoms with E-state index >= 15 is 0 Å². The minimum Gasteiger partial charge on any atom is -0.497 e. The van der Waals surface area contributed by atoms with Crippen LogP contribution < -0.4 is 20.7 Å². The minimum atomic E-state index is -0.128. The Bertz CT molecular complexity index is 488. The summed E-state index contributed by atoms with van der Waals surface area (Å²) in [5, 5.41) is 3.11. The number of benzene rings is 1. The lowest BCUT2D eigenvalue weighted by atomic mass is 10.0.